The normalized spacial score (nSPS) is 15.8. The first kappa shape index (κ1) is 20.0. The first-order valence-corrected chi connectivity index (χ1v) is 9.13. The molecule has 9 heteroatoms. The minimum atomic E-state index is -0.607. The van der Waals surface area contributed by atoms with Crippen molar-refractivity contribution < 1.29 is 19.3 Å². The molecule has 0 bridgehead atoms. The number of nitro benzene ring substituents is 1. The van der Waals surface area contributed by atoms with Gasteiger partial charge in [-0.1, -0.05) is 19.1 Å². The molecular weight excluding hydrogens is 376 g/mol. The summed E-state index contributed by atoms with van der Waals surface area (Å²) < 4.78 is 0. The van der Waals surface area contributed by atoms with E-state index in [0.717, 1.165) is 17.7 Å². The Kier molecular flexibility index (Phi) is 5.87. The highest BCUT2D eigenvalue weighted by molar-refractivity contribution is 6.01. The molecule has 0 unspecified atom stereocenters. The second kappa shape index (κ2) is 8.51. The number of aryl methyl sites for hydroxylation is 1. The van der Waals surface area contributed by atoms with Gasteiger partial charge in [0.15, 0.2) is 0 Å². The average Bonchev–Trinajstić information content (AvgIpc) is 3.13. The molecule has 1 aliphatic rings. The lowest BCUT2D eigenvalue weighted by Crippen LogP contribution is -2.45. The average molecular weight is 396 g/mol. The molecule has 0 saturated carbocycles. The molecular formula is C20H20N4O5. The number of hydrogen-bond donors (Lipinski definition) is 2. The Bertz CT molecular complexity index is 940. The van der Waals surface area contributed by atoms with Crippen molar-refractivity contribution in [1.82, 2.24) is 10.9 Å². The van der Waals surface area contributed by atoms with Crippen LogP contribution in [0.15, 0.2) is 48.5 Å². The topological polar surface area (TPSA) is 122 Å². The van der Waals surface area contributed by atoms with Crippen LogP contribution in [0.5, 0.6) is 0 Å². The molecule has 2 aromatic rings. The van der Waals surface area contributed by atoms with Crippen molar-refractivity contribution in [3.05, 3.63) is 69.8 Å². The Morgan fingerprint density at radius 1 is 1.10 bits per heavy atom. The molecule has 29 heavy (non-hydrogen) atoms. The van der Waals surface area contributed by atoms with Gasteiger partial charge in [-0.3, -0.25) is 35.3 Å². The van der Waals surface area contributed by atoms with Crippen molar-refractivity contribution in [2.24, 2.45) is 5.92 Å². The van der Waals surface area contributed by atoms with Gasteiger partial charge in [0.2, 0.25) is 11.8 Å². The lowest BCUT2D eigenvalue weighted by molar-refractivity contribution is -0.384. The molecule has 1 atom stereocenters. The Balaban J connectivity index is 1.56. The van der Waals surface area contributed by atoms with E-state index >= 15 is 0 Å². The van der Waals surface area contributed by atoms with Crippen LogP contribution >= 0.6 is 0 Å². The summed E-state index contributed by atoms with van der Waals surface area (Å²) in [7, 11) is 0. The Labute approximate surface area is 166 Å². The van der Waals surface area contributed by atoms with E-state index in [-0.39, 0.29) is 30.1 Å². The maximum Gasteiger partial charge on any atom is 0.269 e. The summed E-state index contributed by atoms with van der Waals surface area (Å²) in [4.78, 5) is 48.4. The summed E-state index contributed by atoms with van der Waals surface area (Å²) in [5.41, 5.74) is 6.51. The largest absolute Gasteiger partial charge is 0.312 e. The maximum atomic E-state index is 12.4. The van der Waals surface area contributed by atoms with Gasteiger partial charge in [0.25, 0.3) is 11.6 Å². The summed E-state index contributed by atoms with van der Waals surface area (Å²) in [5.74, 6) is -1.83. The Morgan fingerprint density at radius 3 is 2.34 bits per heavy atom. The fraction of sp³-hybridized carbons (Fsp3) is 0.250. The van der Waals surface area contributed by atoms with Crippen molar-refractivity contribution in [3.63, 3.8) is 0 Å². The van der Waals surface area contributed by atoms with Crippen LogP contribution in [-0.4, -0.2) is 29.2 Å². The molecule has 1 heterocycles. The Hall–Kier alpha value is -3.75. The smallest absolute Gasteiger partial charge is 0.269 e. The van der Waals surface area contributed by atoms with E-state index in [4.69, 9.17) is 0 Å². The monoisotopic (exact) mass is 396 g/mol. The van der Waals surface area contributed by atoms with Gasteiger partial charge in [-0.25, -0.2) is 0 Å². The summed E-state index contributed by atoms with van der Waals surface area (Å²) >= 11 is 0. The van der Waals surface area contributed by atoms with E-state index in [0.29, 0.717) is 0 Å². The van der Waals surface area contributed by atoms with Crippen molar-refractivity contribution in [3.8, 4) is 0 Å². The van der Waals surface area contributed by atoms with E-state index in [1.165, 1.54) is 24.3 Å². The molecule has 2 aromatic carbocycles. The number of nitrogens with one attached hydrogen (secondary N) is 2. The van der Waals surface area contributed by atoms with Crippen molar-refractivity contribution in [2.75, 3.05) is 11.4 Å². The number of amides is 3. The highest BCUT2D eigenvalue weighted by atomic mass is 16.6. The van der Waals surface area contributed by atoms with Crippen LogP contribution in [-0.2, 0) is 16.0 Å². The number of carbonyl (C=O) groups is 3. The quantitative estimate of drug-likeness (QED) is 0.591. The first-order chi connectivity index (χ1) is 13.9. The Morgan fingerprint density at radius 2 is 1.76 bits per heavy atom. The highest BCUT2D eigenvalue weighted by Gasteiger charge is 2.35. The number of hydrazine groups is 1. The van der Waals surface area contributed by atoms with E-state index in [9.17, 15) is 24.5 Å². The number of benzene rings is 2. The fourth-order valence-electron chi connectivity index (χ4n) is 3.07. The predicted molar refractivity (Wildman–Crippen MR) is 105 cm³/mol. The number of nitrogens with zero attached hydrogens (tertiary/aromatic N) is 2. The summed E-state index contributed by atoms with van der Waals surface area (Å²) in [6, 6.07) is 12.6. The van der Waals surface area contributed by atoms with Crippen LogP contribution in [0.2, 0.25) is 0 Å². The number of rotatable bonds is 5. The number of hydrogen-bond acceptors (Lipinski definition) is 5. The van der Waals surface area contributed by atoms with Crippen LogP contribution in [0.4, 0.5) is 11.4 Å². The van der Waals surface area contributed by atoms with Crippen molar-refractivity contribution in [2.45, 2.75) is 19.8 Å². The van der Waals surface area contributed by atoms with Gasteiger partial charge in [-0.2, -0.15) is 0 Å². The van der Waals surface area contributed by atoms with Gasteiger partial charge in [-0.05, 0) is 36.2 Å². The summed E-state index contributed by atoms with van der Waals surface area (Å²) in [5, 5.41) is 10.6. The van der Waals surface area contributed by atoms with Crippen LogP contribution in [0.3, 0.4) is 0 Å². The van der Waals surface area contributed by atoms with Gasteiger partial charge in [0, 0.05) is 36.3 Å². The van der Waals surface area contributed by atoms with Gasteiger partial charge < -0.3 is 4.90 Å². The van der Waals surface area contributed by atoms with Crippen LogP contribution in [0.1, 0.15) is 29.3 Å². The molecule has 0 radical (unpaired) electrons. The van der Waals surface area contributed by atoms with E-state index in [2.05, 4.69) is 10.9 Å². The zero-order chi connectivity index (χ0) is 21.0. The fourth-order valence-corrected chi connectivity index (χ4v) is 3.07. The standard InChI is InChI=1S/C20H20N4O5/c1-2-13-3-7-16(8-4-13)23-12-15(11-18(23)25)20(27)22-21-19(26)14-5-9-17(10-6-14)24(28)29/h3-10,15H,2,11-12H2,1H3,(H,21,26)(H,22,27)/t15-/m1/s1. The molecule has 3 rings (SSSR count). The zero-order valence-corrected chi connectivity index (χ0v) is 15.8. The predicted octanol–water partition coefficient (Wildman–Crippen LogP) is 1.97. The lowest BCUT2D eigenvalue weighted by Gasteiger charge is -2.17. The third-order valence-corrected chi connectivity index (χ3v) is 4.79. The van der Waals surface area contributed by atoms with Crippen LogP contribution < -0.4 is 15.8 Å². The van der Waals surface area contributed by atoms with Gasteiger partial charge in [0.05, 0.1) is 10.8 Å². The second-order valence-corrected chi connectivity index (χ2v) is 6.67. The SMILES string of the molecule is CCc1ccc(N2C[C@H](C(=O)NNC(=O)c3ccc([N+](=O)[O-])cc3)CC2=O)cc1. The molecule has 0 spiro atoms. The van der Waals surface area contributed by atoms with Gasteiger partial charge in [0.1, 0.15) is 0 Å². The van der Waals surface area contributed by atoms with Crippen LogP contribution in [0, 0.1) is 16.0 Å². The number of non-ortho nitro benzene ring substituents is 1. The molecule has 150 valence electrons. The summed E-state index contributed by atoms with van der Waals surface area (Å²) in [6.07, 6.45) is 0.947. The first-order valence-electron chi connectivity index (χ1n) is 9.13. The maximum absolute atomic E-state index is 12.4. The molecule has 3 amide bonds. The van der Waals surface area contributed by atoms with Gasteiger partial charge in [-0.15, -0.1) is 0 Å². The van der Waals surface area contributed by atoms with E-state index in [1.54, 1.807) is 4.90 Å². The summed E-state index contributed by atoms with van der Waals surface area (Å²) in [6.45, 7) is 2.27. The minimum absolute atomic E-state index is 0.0504. The van der Waals surface area contributed by atoms with Crippen LogP contribution in [0.25, 0.3) is 0 Å². The van der Waals surface area contributed by atoms with E-state index < -0.39 is 22.7 Å². The number of anilines is 1. The molecule has 0 aromatic heterocycles. The zero-order valence-electron chi connectivity index (χ0n) is 15.8. The molecule has 2 N–H and O–H groups in total. The lowest BCUT2D eigenvalue weighted by atomic mass is 10.1. The molecule has 1 saturated heterocycles. The van der Waals surface area contributed by atoms with Crippen molar-refractivity contribution in [1.29, 1.82) is 0 Å². The third-order valence-electron chi connectivity index (χ3n) is 4.79. The minimum Gasteiger partial charge on any atom is -0.312 e. The van der Waals surface area contributed by atoms with Crippen molar-refractivity contribution >= 4 is 29.1 Å². The molecule has 1 fully saturated rings. The molecule has 0 aliphatic carbocycles. The molecule has 9 nitrogen and oxygen atoms in total. The highest BCUT2D eigenvalue weighted by Crippen LogP contribution is 2.25. The van der Waals surface area contributed by atoms with Gasteiger partial charge >= 0.3 is 0 Å². The molecule has 1 aliphatic heterocycles. The second-order valence-electron chi connectivity index (χ2n) is 6.67. The van der Waals surface area contributed by atoms with E-state index in [1.807, 2.05) is 31.2 Å². The number of nitro groups is 1. The number of carbonyl (C=O) groups excluding carboxylic acids is 3. The third kappa shape index (κ3) is 4.57.